The van der Waals surface area contributed by atoms with E-state index in [9.17, 15) is 14.4 Å². The van der Waals surface area contributed by atoms with Crippen LogP contribution in [0.25, 0.3) is 10.9 Å². The zero-order valence-electron chi connectivity index (χ0n) is 20.0. The van der Waals surface area contributed by atoms with Gasteiger partial charge in [0.05, 0.1) is 23.3 Å². The average molecular weight is 482 g/mol. The van der Waals surface area contributed by atoms with Crippen LogP contribution in [0.15, 0.2) is 58.5 Å². The van der Waals surface area contributed by atoms with Crippen LogP contribution >= 0.6 is 11.8 Å². The van der Waals surface area contributed by atoms with E-state index in [2.05, 4.69) is 11.9 Å². The van der Waals surface area contributed by atoms with Gasteiger partial charge in [0, 0.05) is 25.7 Å². The highest BCUT2D eigenvalue weighted by molar-refractivity contribution is 7.99. The molecule has 0 spiro atoms. The molecule has 0 saturated heterocycles. The van der Waals surface area contributed by atoms with Crippen LogP contribution in [0.2, 0.25) is 0 Å². The Morgan fingerprint density at radius 3 is 2.56 bits per heavy atom. The molecule has 0 aliphatic rings. The molecule has 8 heteroatoms. The maximum atomic E-state index is 13.3. The first-order valence-corrected chi connectivity index (χ1v) is 12.6. The zero-order chi connectivity index (χ0) is 24.5. The fourth-order valence-electron chi connectivity index (χ4n) is 3.64. The summed E-state index contributed by atoms with van der Waals surface area (Å²) < 4.78 is 6.65. The minimum Gasteiger partial charge on any atom is -0.465 e. The Bertz CT molecular complexity index is 1190. The molecule has 1 heterocycles. The number of carbonyl (C=O) groups excluding carboxylic acids is 2. The number of hydrogen-bond donors (Lipinski definition) is 0. The third-order valence-electron chi connectivity index (χ3n) is 5.39. The molecule has 2 aromatic carbocycles. The van der Waals surface area contributed by atoms with Crippen molar-refractivity contribution in [2.45, 2.75) is 51.4 Å². The molecule has 0 fully saturated rings. The van der Waals surface area contributed by atoms with Crippen molar-refractivity contribution in [1.82, 2.24) is 14.5 Å². The van der Waals surface area contributed by atoms with E-state index in [1.807, 2.05) is 30.3 Å². The standard InChI is InChI=1S/C26H31N3O4S/c1-4-6-10-15-29-25(32)21-14-13-20(24(31)28(3)17-19-11-8-7-9-12-19)16-22(21)27-26(29)34-18-23(30)33-5-2/h7-9,11-14,16H,4-6,10,15,17-18H2,1-3H3. The monoisotopic (exact) mass is 481 g/mol. The largest absolute Gasteiger partial charge is 0.465 e. The fraction of sp³-hybridized carbons (Fsp3) is 0.385. The van der Waals surface area contributed by atoms with Gasteiger partial charge in [0.25, 0.3) is 11.5 Å². The highest BCUT2D eigenvalue weighted by atomic mass is 32.2. The van der Waals surface area contributed by atoms with Crippen molar-refractivity contribution in [3.8, 4) is 0 Å². The summed E-state index contributed by atoms with van der Waals surface area (Å²) in [6.45, 7) is 5.16. The van der Waals surface area contributed by atoms with Crippen molar-refractivity contribution in [3.05, 3.63) is 70.0 Å². The maximum absolute atomic E-state index is 13.3. The summed E-state index contributed by atoms with van der Waals surface area (Å²) in [5.74, 6) is -0.438. The number of thioether (sulfide) groups is 1. The molecule has 0 atom stereocenters. The Kier molecular flexibility index (Phi) is 9.27. The predicted molar refractivity (Wildman–Crippen MR) is 135 cm³/mol. The number of carbonyl (C=O) groups is 2. The van der Waals surface area contributed by atoms with Crippen LogP contribution in [0.3, 0.4) is 0 Å². The zero-order valence-corrected chi connectivity index (χ0v) is 20.8. The van der Waals surface area contributed by atoms with E-state index in [-0.39, 0.29) is 23.2 Å². The number of nitrogens with zero attached hydrogens (tertiary/aromatic N) is 3. The summed E-state index contributed by atoms with van der Waals surface area (Å²) in [6, 6.07) is 14.8. The molecule has 1 aromatic heterocycles. The van der Waals surface area contributed by atoms with Crippen LogP contribution in [-0.2, 0) is 22.6 Å². The summed E-state index contributed by atoms with van der Waals surface area (Å²) >= 11 is 1.19. The van der Waals surface area contributed by atoms with Gasteiger partial charge in [-0.15, -0.1) is 0 Å². The lowest BCUT2D eigenvalue weighted by Crippen LogP contribution is -2.27. The minimum atomic E-state index is -0.353. The molecule has 0 N–H and O–H groups in total. The van der Waals surface area contributed by atoms with Crippen LogP contribution in [0.1, 0.15) is 49.0 Å². The van der Waals surface area contributed by atoms with Gasteiger partial charge in [0.1, 0.15) is 0 Å². The topological polar surface area (TPSA) is 81.5 Å². The van der Waals surface area contributed by atoms with Crippen LogP contribution in [-0.4, -0.2) is 45.7 Å². The van der Waals surface area contributed by atoms with E-state index < -0.39 is 0 Å². The molecule has 3 aromatic rings. The Labute approximate surface area is 204 Å². The molecule has 1 amide bonds. The molecule has 34 heavy (non-hydrogen) atoms. The molecule has 3 rings (SSSR count). The van der Waals surface area contributed by atoms with Crippen molar-refractivity contribution in [3.63, 3.8) is 0 Å². The van der Waals surface area contributed by atoms with Crippen LogP contribution in [0.5, 0.6) is 0 Å². The predicted octanol–water partition coefficient (Wildman–Crippen LogP) is 4.51. The third-order valence-corrected chi connectivity index (χ3v) is 6.34. The molecule has 7 nitrogen and oxygen atoms in total. The van der Waals surface area contributed by atoms with Crippen molar-refractivity contribution in [2.75, 3.05) is 19.4 Å². The quantitative estimate of drug-likeness (QED) is 0.173. The summed E-state index contributed by atoms with van der Waals surface area (Å²) in [6.07, 6.45) is 2.87. The summed E-state index contributed by atoms with van der Waals surface area (Å²) in [5.41, 5.74) is 1.78. The van der Waals surface area contributed by atoms with E-state index >= 15 is 0 Å². The maximum Gasteiger partial charge on any atom is 0.316 e. The van der Waals surface area contributed by atoms with E-state index in [1.54, 1.807) is 41.6 Å². The number of unbranched alkanes of at least 4 members (excludes halogenated alkanes) is 2. The number of benzene rings is 2. The van der Waals surface area contributed by atoms with Crippen molar-refractivity contribution < 1.29 is 14.3 Å². The van der Waals surface area contributed by atoms with E-state index in [0.29, 0.717) is 41.3 Å². The number of aromatic nitrogens is 2. The molecule has 0 bridgehead atoms. The summed E-state index contributed by atoms with van der Waals surface area (Å²) in [5, 5.41) is 0.920. The van der Waals surface area contributed by atoms with Gasteiger partial charge in [-0.1, -0.05) is 61.9 Å². The Morgan fingerprint density at radius 1 is 1.09 bits per heavy atom. The summed E-state index contributed by atoms with van der Waals surface area (Å²) in [4.78, 5) is 44.5. The van der Waals surface area contributed by atoms with Gasteiger partial charge in [0.15, 0.2) is 5.16 Å². The highest BCUT2D eigenvalue weighted by Crippen LogP contribution is 2.21. The van der Waals surface area contributed by atoms with Crippen LogP contribution in [0.4, 0.5) is 0 Å². The minimum absolute atomic E-state index is 0.0675. The number of hydrogen-bond acceptors (Lipinski definition) is 6. The normalized spacial score (nSPS) is 10.9. The van der Waals surface area contributed by atoms with Gasteiger partial charge >= 0.3 is 5.97 Å². The number of esters is 1. The highest BCUT2D eigenvalue weighted by Gasteiger charge is 2.17. The molecule has 0 unspecified atom stereocenters. The van der Waals surface area contributed by atoms with Crippen LogP contribution < -0.4 is 5.56 Å². The molecule has 0 saturated carbocycles. The Hall–Kier alpha value is -3.13. The number of rotatable bonds is 11. The SMILES string of the molecule is CCCCCn1c(SCC(=O)OCC)nc2cc(C(=O)N(C)Cc3ccccc3)ccc2c1=O. The summed E-state index contributed by atoms with van der Waals surface area (Å²) in [7, 11) is 1.75. The average Bonchev–Trinajstić information content (AvgIpc) is 2.84. The van der Waals surface area contributed by atoms with Gasteiger partial charge in [-0.3, -0.25) is 19.0 Å². The van der Waals surface area contributed by atoms with Crippen molar-refractivity contribution in [1.29, 1.82) is 0 Å². The van der Waals surface area contributed by atoms with Crippen molar-refractivity contribution >= 4 is 34.5 Å². The number of fused-ring (bicyclic) bond motifs is 1. The van der Waals surface area contributed by atoms with Gasteiger partial charge in [-0.2, -0.15) is 0 Å². The Morgan fingerprint density at radius 2 is 1.85 bits per heavy atom. The van der Waals surface area contributed by atoms with Crippen molar-refractivity contribution in [2.24, 2.45) is 0 Å². The molecule has 180 valence electrons. The third kappa shape index (κ3) is 6.47. The first-order valence-electron chi connectivity index (χ1n) is 11.6. The second-order valence-corrected chi connectivity index (χ2v) is 8.97. The second kappa shape index (κ2) is 12.4. The molecular formula is C26H31N3O4S. The van der Waals surface area contributed by atoms with Crippen LogP contribution in [0, 0.1) is 0 Å². The smallest absolute Gasteiger partial charge is 0.316 e. The van der Waals surface area contributed by atoms with Gasteiger partial charge < -0.3 is 9.64 Å². The number of ether oxygens (including phenoxy) is 1. The molecule has 0 aliphatic heterocycles. The molecule has 0 radical (unpaired) electrons. The lowest BCUT2D eigenvalue weighted by atomic mass is 10.1. The number of amides is 1. The lowest BCUT2D eigenvalue weighted by molar-refractivity contribution is -0.139. The van der Waals surface area contributed by atoms with Gasteiger partial charge in [-0.05, 0) is 37.1 Å². The first-order chi connectivity index (χ1) is 16.4. The Balaban J connectivity index is 1.92. The molecule has 0 aliphatic carbocycles. The second-order valence-electron chi connectivity index (χ2n) is 8.03. The van der Waals surface area contributed by atoms with E-state index in [4.69, 9.17) is 4.74 Å². The fourth-order valence-corrected chi connectivity index (χ4v) is 4.46. The van der Waals surface area contributed by atoms with Gasteiger partial charge in [0.2, 0.25) is 0 Å². The lowest BCUT2D eigenvalue weighted by Gasteiger charge is -2.18. The van der Waals surface area contributed by atoms with E-state index in [1.165, 1.54) is 11.8 Å². The van der Waals surface area contributed by atoms with Gasteiger partial charge in [-0.25, -0.2) is 4.98 Å². The first kappa shape index (κ1) is 25.5. The van der Waals surface area contributed by atoms with E-state index in [0.717, 1.165) is 24.8 Å². The molecular weight excluding hydrogens is 450 g/mol.